The molecule has 0 atom stereocenters. The van der Waals surface area contributed by atoms with Crippen LogP contribution in [-0.4, -0.2) is 25.2 Å². The third-order valence-electron chi connectivity index (χ3n) is 3.30. The number of hydrogen-bond acceptors (Lipinski definition) is 6. The van der Waals surface area contributed by atoms with Crippen LogP contribution in [0.15, 0.2) is 60.7 Å². The normalized spacial score (nSPS) is 10.4. The van der Waals surface area contributed by atoms with Gasteiger partial charge in [-0.3, -0.25) is 0 Å². The Morgan fingerprint density at radius 1 is 1.04 bits per heavy atom. The lowest BCUT2D eigenvalue weighted by atomic mass is 10.2. The minimum Gasteiger partial charge on any atom is -0.493 e. The molecule has 0 saturated carbocycles. The smallest absolute Gasteiger partial charge is 0.362 e. The topological polar surface area (TPSA) is 73.9 Å². The van der Waals surface area contributed by atoms with E-state index in [2.05, 4.69) is 5.48 Å². The summed E-state index contributed by atoms with van der Waals surface area (Å²) in [5.41, 5.74) is 3.56. The molecule has 0 fully saturated rings. The van der Waals surface area contributed by atoms with E-state index >= 15 is 0 Å². The number of carbonyl (C=O) groups is 2. The Morgan fingerprint density at radius 2 is 1.74 bits per heavy atom. The van der Waals surface area contributed by atoms with Crippen molar-refractivity contribution in [2.24, 2.45) is 0 Å². The van der Waals surface area contributed by atoms with Crippen LogP contribution in [-0.2, 0) is 14.4 Å². The average molecular weight is 390 g/mol. The number of allylic oxidation sites excluding steroid dienone is 1. The maximum atomic E-state index is 12.0. The number of benzene rings is 2. The van der Waals surface area contributed by atoms with Crippen LogP contribution in [0.5, 0.6) is 5.75 Å². The van der Waals surface area contributed by atoms with Crippen molar-refractivity contribution in [1.82, 2.24) is 0 Å². The molecule has 0 saturated heterocycles. The molecule has 0 aromatic heterocycles. The predicted octanol–water partition coefficient (Wildman–Crippen LogP) is 4.41. The highest BCUT2D eigenvalue weighted by Gasteiger charge is 2.08. The van der Waals surface area contributed by atoms with Gasteiger partial charge in [-0.05, 0) is 55.5 Å². The average Bonchev–Trinajstić information content (AvgIpc) is 2.68. The second-order valence-corrected chi connectivity index (χ2v) is 5.83. The lowest BCUT2D eigenvalue weighted by Crippen LogP contribution is -2.10. The van der Waals surface area contributed by atoms with E-state index in [-0.39, 0.29) is 12.6 Å². The number of halogens is 1. The fourth-order valence-corrected chi connectivity index (χ4v) is 2.10. The largest absolute Gasteiger partial charge is 0.493 e. The second kappa shape index (κ2) is 10.9. The Hall–Kier alpha value is -2.99. The third-order valence-corrected chi connectivity index (χ3v) is 3.55. The predicted molar refractivity (Wildman–Crippen MR) is 103 cm³/mol. The van der Waals surface area contributed by atoms with Crippen molar-refractivity contribution in [3.05, 3.63) is 71.3 Å². The van der Waals surface area contributed by atoms with E-state index in [9.17, 15) is 9.59 Å². The van der Waals surface area contributed by atoms with Crippen LogP contribution < -0.4 is 10.2 Å². The van der Waals surface area contributed by atoms with E-state index in [0.717, 1.165) is 0 Å². The van der Waals surface area contributed by atoms with E-state index in [1.165, 1.54) is 6.08 Å². The number of carbonyl (C=O) groups excluding carboxylic acids is 2. The van der Waals surface area contributed by atoms with Crippen molar-refractivity contribution in [1.29, 1.82) is 0 Å². The van der Waals surface area contributed by atoms with Gasteiger partial charge in [0.25, 0.3) is 0 Å². The van der Waals surface area contributed by atoms with Crippen LogP contribution in [0.1, 0.15) is 23.7 Å². The number of hydrogen-bond donors (Lipinski definition) is 1. The van der Waals surface area contributed by atoms with Crippen LogP contribution >= 0.6 is 11.6 Å². The van der Waals surface area contributed by atoms with Gasteiger partial charge < -0.3 is 14.3 Å². The van der Waals surface area contributed by atoms with Crippen molar-refractivity contribution in [2.75, 3.05) is 18.7 Å². The van der Waals surface area contributed by atoms with Crippen LogP contribution in [0.2, 0.25) is 5.02 Å². The van der Waals surface area contributed by atoms with Gasteiger partial charge in [-0.25, -0.2) is 15.1 Å². The van der Waals surface area contributed by atoms with Crippen molar-refractivity contribution in [3.8, 4) is 5.75 Å². The maximum Gasteiger partial charge on any atom is 0.362 e. The zero-order valence-electron chi connectivity index (χ0n) is 14.8. The molecular weight excluding hydrogens is 370 g/mol. The molecule has 27 heavy (non-hydrogen) atoms. The van der Waals surface area contributed by atoms with Gasteiger partial charge in [-0.1, -0.05) is 17.7 Å². The fraction of sp³-hybridized carbons (Fsp3) is 0.200. The maximum absolute atomic E-state index is 12.0. The number of ether oxygens (including phenoxy) is 2. The van der Waals surface area contributed by atoms with E-state index in [4.69, 9.17) is 25.9 Å². The zero-order chi connectivity index (χ0) is 19.5. The molecule has 0 amide bonds. The highest BCUT2D eigenvalue weighted by molar-refractivity contribution is 6.30. The van der Waals surface area contributed by atoms with Gasteiger partial charge in [0.1, 0.15) is 5.75 Å². The molecule has 7 heteroatoms. The summed E-state index contributed by atoms with van der Waals surface area (Å²) < 4.78 is 10.5. The van der Waals surface area contributed by atoms with Crippen molar-refractivity contribution < 1.29 is 23.9 Å². The van der Waals surface area contributed by atoms with Gasteiger partial charge in [-0.2, -0.15) is 0 Å². The molecule has 0 bridgehead atoms. The third kappa shape index (κ3) is 7.42. The van der Waals surface area contributed by atoms with E-state index in [1.54, 1.807) is 61.5 Å². The van der Waals surface area contributed by atoms with Gasteiger partial charge in [0.2, 0.25) is 0 Å². The summed E-state index contributed by atoms with van der Waals surface area (Å²) in [5, 5.41) is 0.596. The first-order valence-corrected chi connectivity index (χ1v) is 8.71. The first kappa shape index (κ1) is 20.3. The Kier molecular flexibility index (Phi) is 8.19. The number of anilines is 1. The molecule has 6 nitrogen and oxygen atoms in total. The minimum absolute atomic E-state index is 0.282. The molecule has 142 valence electrons. The van der Waals surface area contributed by atoms with Crippen molar-refractivity contribution >= 4 is 29.2 Å². The first-order valence-electron chi connectivity index (χ1n) is 8.33. The van der Waals surface area contributed by atoms with Gasteiger partial charge in [0, 0.05) is 17.5 Å². The molecule has 0 heterocycles. The molecule has 1 N–H and O–H groups in total. The van der Waals surface area contributed by atoms with Crippen LogP contribution in [0.25, 0.3) is 0 Å². The van der Waals surface area contributed by atoms with Crippen LogP contribution in [0, 0.1) is 0 Å². The molecule has 2 aromatic carbocycles. The number of esters is 1. The fourth-order valence-electron chi connectivity index (χ4n) is 1.98. The highest BCUT2D eigenvalue weighted by atomic mass is 35.5. The molecule has 0 aliphatic heterocycles. The summed E-state index contributed by atoms with van der Waals surface area (Å²) in [6, 6.07) is 13.3. The highest BCUT2D eigenvalue weighted by Crippen LogP contribution is 2.15. The lowest BCUT2D eigenvalue weighted by molar-refractivity contribution is -0.137. The van der Waals surface area contributed by atoms with Crippen molar-refractivity contribution in [2.45, 2.75) is 13.3 Å². The minimum atomic E-state index is -0.521. The van der Waals surface area contributed by atoms with Gasteiger partial charge in [0.15, 0.2) is 0 Å². The van der Waals surface area contributed by atoms with Gasteiger partial charge in [-0.15, -0.1) is 0 Å². The van der Waals surface area contributed by atoms with E-state index in [1.807, 2.05) is 0 Å². The number of rotatable bonds is 9. The molecule has 0 unspecified atom stereocenters. The Bertz CT molecular complexity index is 772. The summed E-state index contributed by atoms with van der Waals surface area (Å²) >= 11 is 5.79. The Morgan fingerprint density at radius 3 is 2.41 bits per heavy atom. The summed E-state index contributed by atoms with van der Waals surface area (Å²) in [6.07, 6.45) is 3.55. The Labute approximate surface area is 162 Å². The number of nitrogens with one attached hydrogen (secondary N) is 1. The summed E-state index contributed by atoms with van der Waals surface area (Å²) in [7, 11) is 0. The van der Waals surface area contributed by atoms with Crippen LogP contribution in [0.4, 0.5) is 5.69 Å². The quantitative estimate of drug-likeness (QED) is 0.296. The zero-order valence-corrected chi connectivity index (χ0v) is 15.6. The first-order chi connectivity index (χ1) is 13.1. The lowest BCUT2D eigenvalue weighted by Gasteiger charge is -2.08. The monoisotopic (exact) mass is 389 g/mol. The summed E-state index contributed by atoms with van der Waals surface area (Å²) in [5.74, 6) is -0.281. The second-order valence-electron chi connectivity index (χ2n) is 5.39. The van der Waals surface area contributed by atoms with Gasteiger partial charge >= 0.3 is 11.9 Å². The molecule has 0 spiro atoms. The SMILES string of the molecule is CC=CC(=O)OCCCOc1ccc(C(=O)ONc2ccc(Cl)cc2)cc1. The summed E-state index contributed by atoms with van der Waals surface area (Å²) in [6.45, 7) is 2.42. The summed E-state index contributed by atoms with van der Waals surface area (Å²) in [4.78, 5) is 28.2. The molecule has 2 rings (SSSR count). The molecular formula is C20H20ClNO5. The van der Waals surface area contributed by atoms with Crippen LogP contribution in [0.3, 0.4) is 0 Å². The van der Waals surface area contributed by atoms with Crippen molar-refractivity contribution in [3.63, 3.8) is 0 Å². The molecule has 0 aliphatic carbocycles. The standard InChI is InChI=1S/C20H20ClNO5/c1-2-4-19(23)26-14-3-13-25-18-11-5-15(6-12-18)20(24)27-22-17-9-7-16(21)8-10-17/h2,4-12,22H,3,13-14H2,1H3. The van der Waals surface area contributed by atoms with E-state index in [0.29, 0.717) is 35.1 Å². The molecule has 0 radical (unpaired) electrons. The molecule has 2 aromatic rings. The van der Waals surface area contributed by atoms with Gasteiger partial charge in [0.05, 0.1) is 24.5 Å². The van der Waals surface area contributed by atoms with E-state index < -0.39 is 5.97 Å². The molecule has 0 aliphatic rings. The Balaban J connectivity index is 1.71.